The third kappa shape index (κ3) is 2.03. The van der Waals surface area contributed by atoms with Crippen molar-refractivity contribution in [1.29, 1.82) is 0 Å². The van der Waals surface area contributed by atoms with Gasteiger partial charge in [-0.05, 0) is 37.8 Å². The number of ether oxygens (including phenoxy) is 1. The Bertz CT molecular complexity index is 544. The highest BCUT2D eigenvalue weighted by atomic mass is 35.5. The van der Waals surface area contributed by atoms with E-state index in [4.69, 9.17) is 16.3 Å². The van der Waals surface area contributed by atoms with Gasteiger partial charge in [-0.1, -0.05) is 0 Å². The summed E-state index contributed by atoms with van der Waals surface area (Å²) in [4.78, 5) is 19.8. The SMILES string of the molecule is CCOC(=O)c1cnc(Cl)nc1NC12CC(CO)(C1)C2. The van der Waals surface area contributed by atoms with Gasteiger partial charge in [0, 0.05) is 23.8 Å². The Morgan fingerprint density at radius 3 is 2.85 bits per heavy atom. The van der Waals surface area contributed by atoms with E-state index in [1.807, 2.05) is 0 Å². The smallest absolute Gasteiger partial charge is 0.343 e. The van der Waals surface area contributed by atoms with Gasteiger partial charge < -0.3 is 15.2 Å². The van der Waals surface area contributed by atoms with Crippen LogP contribution in [0, 0.1) is 5.41 Å². The summed E-state index contributed by atoms with van der Waals surface area (Å²) in [5.41, 5.74) is 0.300. The quantitative estimate of drug-likeness (QED) is 0.635. The number of nitrogens with one attached hydrogen (secondary N) is 1. The normalized spacial score (nSPS) is 30.1. The molecule has 0 spiro atoms. The van der Waals surface area contributed by atoms with E-state index in [2.05, 4.69) is 15.3 Å². The first-order valence-electron chi connectivity index (χ1n) is 6.60. The first-order chi connectivity index (χ1) is 9.51. The number of nitrogens with zero attached hydrogens (tertiary/aromatic N) is 2. The maximum absolute atomic E-state index is 11.9. The Hall–Kier alpha value is -1.40. The average molecular weight is 298 g/mol. The molecule has 0 aromatic carbocycles. The van der Waals surface area contributed by atoms with Crippen molar-refractivity contribution in [2.75, 3.05) is 18.5 Å². The van der Waals surface area contributed by atoms with Crippen molar-refractivity contribution in [3.63, 3.8) is 0 Å². The largest absolute Gasteiger partial charge is 0.462 e. The molecular weight excluding hydrogens is 282 g/mol. The molecule has 20 heavy (non-hydrogen) atoms. The molecule has 3 aliphatic carbocycles. The lowest BCUT2D eigenvalue weighted by Crippen LogP contribution is -2.72. The van der Waals surface area contributed by atoms with Crippen molar-refractivity contribution in [3.05, 3.63) is 17.0 Å². The van der Waals surface area contributed by atoms with Crippen molar-refractivity contribution in [2.45, 2.75) is 31.7 Å². The highest BCUT2D eigenvalue weighted by molar-refractivity contribution is 6.28. The number of esters is 1. The molecule has 6 nitrogen and oxygen atoms in total. The van der Waals surface area contributed by atoms with Crippen LogP contribution in [-0.4, -0.2) is 39.8 Å². The number of carbonyl (C=O) groups excluding carboxylic acids is 1. The van der Waals surface area contributed by atoms with Crippen LogP contribution in [0.5, 0.6) is 0 Å². The molecule has 3 fully saturated rings. The van der Waals surface area contributed by atoms with E-state index in [9.17, 15) is 9.90 Å². The van der Waals surface area contributed by atoms with Crippen LogP contribution in [0.3, 0.4) is 0 Å². The molecule has 7 heteroatoms. The molecular formula is C13H16ClN3O3. The van der Waals surface area contributed by atoms with Crippen LogP contribution in [0.1, 0.15) is 36.5 Å². The van der Waals surface area contributed by atoms with Crippen molar-refractivity contribution in [1.82, 2.24) is 9.97 Å². The minimum Gasteiger partial charge on any atom is -0.462 e. The summed E-state index contributed by atoms with van der Waals surface area (Å²) in [6.45, 7) is 2.25. The second kappa shape index (κ2) is 4.56. The molecule has 3 saturated carbocycles. The fourth-order valence-corrected chi connectivity index (χ4v) is 3.50. The number of rotatable bonds is 5. The van der Waals surface area contributed by atoms with Gasteiger partial charge in [0.25, 0.3) is 0 Å². The predicted octanol–water partition coefficient (Wildman–Crippen LogP) is 1.63. The molecule has 3 aliphatic rings. The number of hydrogen-bond donors (Lipinski definition) is 2. The summed E-state index contributed by atoms with van der Waals surface area (Å²) >= 11 is 5.80. The second-order valence-corrected chi connectivity index (χ2v) is 6.05. The maximum Gasteiger partial charge on any atom is 0.343 e. The number of aromatic nitrogens is 2. The molecule has 2 N–H and O–H groups in total. The Kier molecular flexibility index (Phi) is 3.10. The summed E-state index contributed by atoms with van der Waals surface area (Å²) in [7, 11) is 0. The highest BCUT2D eigenvalue weighted by Crippen LogP contribution is 2.67. The zero-order chi connectivity index (χ0) is 14.4. The Morgan fingerprint density at radius 2 is 2.25 bits per heavy atom. The number of hydrogen-bond acceptors (Lipinski definition) is 6. The summed E-state index contributed by atoms with van der Waals surface area (Å²) in [5, 5.41) is 12.6. The van der Waals surface area contributed by atoms with E-state index in [0.29, 0.717) is 18.0 Å². The van der Waals surface area contributed by atoms with Gasteiger partial charge in [-0.15, -0.1) is 0 Å². The molecule has 0 saturated heterocycles. The van der Waals surface area contributed by atoms with Crippen molar-refractivity contribution in [3.8, 4) is 0 Å². The number of anilines is 1. The van der Waals surface area contributed by atoms with Crippen molar-refractivity contribution >= 4 is 23.4 Å². The molecule has 0 atom stereocenters. The Labute approximate surface area is 121 Å². The Morgan fingerprint density at radius 1 is 1.55 bits per heavy atom. The topological polar surface area (TPSA) is 84.3 Å². The lowest BCUT2D eigenvalue weighted by Gasteiger charge is -2.70. The minimum atomic E-state index is -0.463. The van der Waals surface area contributed by atoms with E-state index in [-0.39, 0.29) is 22.8 Å². The zero-order valence-electron chi connectivity index (χ0n) is 11.1. The average Bonchev–Trinajstić information content (AvgIpc) is 2.32. The van der Waals surface area contributed by atoms with E-state index >= 15 is 0 Å². The van der Waals surface area contributed by atoms with Gasteiger partial charge in [0.05, 0.1) is 6.61 Å². The third-order valence-electron chi connectivity index (χ3n) is 4.11. The Balaban J connectivity index is 1.79. The van der Waals surface area contributed by atoms with Gasteiger partial charge in [0.2, 0.25) is 5.28 Å². The molecule has 0 unspecified atom stereocenters. The third-order valence-corrected chi connectivity index (χ3v) is 4.30. The van der Waals surface area contributed by atoms with E-state index in [1.54, 1.807) is 6.92 Å². The maximum atomic E-state index is 11.9. The molecule has 1 heterocycles. The van der Waals surface area contributed by atoms with Crippen LogP contribution in [0.2, 0.25) is 5.28 Å². The van der Waals surface area contributed by atoms with Crippen LogP contribution in [0.4, 0.5) is 5.82 Å². The molecule has 108 valence electrons. The van der Waals surface area contributed by atoms with Gasteiger partial charge in [-0.2, -0.15) is 4.98 Å². The zero-order valence-corrected chi connectivity index (χ0v) is 11.9. The van der Waals surface area contributed by atoms with E-state index < -0.39 is 5.97 Å². The second-order valence-electron chi connectivity index (χ2n) is 5.72. The lowest BCUT2D eigenvalue weighted by molar-refractivity contribution is -0.146. The van der Waals surface area contributed by atoms with Gasteiger partial charge in [-0.3, -0.25) is 0 Å². The standard InChI is InChI=1S/C13H16ClN3O3/c1-2-20-10(19)8-3-15-11(14)16-9(8)17-13-4-12(5-13,6-13)7-18/h3,18H,2,4-7H2,1H3,(H,15,16,17). The molecule has 0 aliphatic heterocycles. The molecule has 1 aromatic heterocycles. The van der Waals surface area contributed by atoms with Crippen LogP contribution in [-0.2, 0) is 4.74 Å². The number of aliphatic hydroxyl groups is 1. The van der Waals surface area contributed by atoms with Gasteiger partial charge in [0.15, 0.2) is 0 Å². The monoisotopic (exact) mass is 297 g/mol. The van der Waals surface area contributed by atoms with Crippen molar-refractivity contribution in [2.24, 2.45) is 5.41 Å². The minimum absolute atomic E-state index is 0.0678. The number of aliphatic hydroxyl groups excluding tert-OH is 1. The molecule has 0 amide bonds. The van der Waals surface area contributed by atoms with Crippen LogP contribution < -0.4 is 5.32 Å². The van der Waals surface area contributed by atoms with E-state index in [0.717, 1.165) is 19.3 Å². The molecule has 0 radical (unpaired) electrons. The predicted molar refractivity (Wildman–Crippen MR) is 72.7 cm³/mol. The van der Waals surface area contributed by atoms with Crippen LogP contribution >= 0.6 is 11.6 Å². The lowest BCUT2D eigenvalue weighted by atomic mass is 9.39. The molecule has 2 bridgehead atoms. The first-order valence-corrected chi connectivity index (χ1v) is 6.98. The van der Waals surface area contributed by atoms with E-state index in [1.165, 1.54) is 6.20 Å². The van der Waals surface area contributed by atoms with Gasteiger partial charge in [0.1, 0.15) is 11.4 Å². The first kappa shape index (κ1) is 13.6. The number of halogens is 1. The van der Waals surface area contributed by atoms with Crippen molar-refractivity contribution < 1.29 is 14.6 Å². The summed E-state index contributed by atoms with van der Waals surface area (Å²) in [6, 6.07) is 0. The fourth-order valence-electron chi connectivity index (χ4n) is 3.36. The molecule has 4 rings (SSSR count). The van der Waals surface area contributed by atoms with Crippen LogP contribution in [0.25, 0.3) is 0 Å². The van der Waals surface area contributed by atoms with Crippen LogP contribution in [0.15, 0.2) is 6.20 Å². The number of carbonyl (C=O) groups is 1. The fraction of sp³-hybridized carbons (Fsp3) is 0.615. The summed E-state index contributed by atoms with van der Waals surface area (Å²) in [5.74, 6) is -0.0511. The summed E-state index contributed by atoms with van der Waals surface area (Å²) < 4.78 is 4.99. The van der Waals surface area contributed by atoms with Gasteiger partial charge in [-0.25, -0.2) is 9.78 Å². The highest BCUT2D eigenvalue weighted by Gasteiger charge is 2.67. The summed E-state index contributed by atoms with van der Waals surface area (Å²) in [6.07, 6.45) is 4.05. The molecule has 1 aromatic rings. The van der Waals surface area contributed by atoms with Gasteiger partial charge >= 0.3 is 5.97 Å².